The van der Waals surface area contributed by atoms with Gasteiger partial charge in [0.2, 0.25) is 0 Å². The molecule has 0 amide bonds. The third kappa shape index (κ3) is 2.46. The van der Waals surface area contributed by atoms with Crippen molar-refractivity contribution in [1.29, 1.82) is 0 Å². The molecule has 3 rings (SSSR count). The van der Waals surface area contributed by atoms with Crippen molar-refractivity contribution in [2.45, 2.75) is 36.7 Å². The molecule has 0 aromatic carbocycles. The number of esters is 2. The van der Waals surface area contributed by atoms with Crippen LogP contribution in [0.2, 0.25) is 0 Å². The van der Waals surface area contributed by atoms with Crippen molar-refractivity contribution in [3.05, 3.63) is 12.7 Å². The molecule has 21 heavy (non-hydrogen) atoms. The molecule has 3 aliphatic rings. The van der Waals surface area contributed by atoms with E-state index in [4.69, 9.17) is 13.7 Å². The normalized spacial score (nSPS) is 38.2. The number of ether oxygens (including phenoxy) is 2. The Bertz CT molecular complexity index is 581. The zero-order valence-corrected chi connectivity index (χ0v) is 12.1. The molecule has 2 saturated carbocycles. The molecule has 0 N–H and O–H groups in total. The first kappa shape index (κ1) is 14.5. The molecule has 0 radical (unpaired) electrons. The molecule has 3 fully saturated rings. The Kier molecular flexibility index (Phi) is 3.53. The minimum absolute atomic E-state index is 0.0435. The van der Waals surface area contributed by atoms with E-state index in [9.17, 15) is 18.0 Å². The highest BCUT2D eigenvalue weighted by atomic mass is 32.2. The van der Waals surface area contributed by atoms with E-state index in [1.165, 1.54) is 0 Å². The van der Waals surface area contributed by atoms with Crippen molar-refractivity contribution < 1.29 is 31.7 Å². The Balaban J connectivity index is 1.54. The second-order valence-electron chi connectivity index (χ2n) is 5.56. The van der Waals surface area contributed by atoms with Crippen molar-refractivity contribution in [2.24, 2.45) is 11.8 Å². The van der Waals surface area contributed by atoms with Gasteiger partial charge in [-0.25, -0.2) is 4.79 Å². The zero-order valence-electron chi connectivity index (χ0n) is 11.3. The summed E-state index contributed by atoms with van der Waals surface area (Å²) in [6.07, 6.45) is 1.10. The Morgan fingerprint density at radius 3 is 2.81 bits per heavy atom. The quantitative estimate of drug-likeness (QED) is 0.405. The minimum Gasteiger partial charge on any atom is -0.462 e. The lowest BCUT2D eigenvalue weighted by atomic mass is 9.94. The summed E-state index contributed by atoms with van der Waals surface area (Å²) in [4.78, 5) is 22.6. The molecule has 0 spiro atoms. The first-order chi connectivity index (χ1) is 9.92. The van der Waals surface area contributed by atoms with Gasteiger partial charge in [0, 0.05) is 17.9 Å². The molecule has 116 valence electrons. The maximum atomic E-state index is 11.8. The van der Waals surface area contributed by atoms with Gasteiger partial charge >= 0.3 is 11.9 Å². The Hall–Kier alpha value is -1.41. The lowest BCUT2D eigenvalue weighted by Gasteiger charge is -2.24. The Morgan fingerprint density at radius 1 is 1.33 bits per heavy atom. The fourth-order valence-corrected chi connectivity index (χ4v) is 5.43. The van der Waals surface area contributed by atoms with Gasteiger partial charge in [-0.05, 0) is 12.8 Å². The lowest BCUT2D eigenvalue weighted by molar-refractivity contribution is -0.157. The standard InChI is InChI=1S/C13H16O7S/c1-2-10(14)18-4-3-11(15)19-12-7-5-8-9(6-7)21(16,17)20-13(8)12/h2,7-9,12-13H,1,3-6H2. The van der Waals surface area contributed by atoms with E-state index in [0.29, 0.717) is 6.42 Å². The Labute approximate surface area is 122 Å². The molecule has 5 atom stereocenters. The summed E-state index contributed by atoms with van der Waals surface area (Å²) in [6.45, 7) is 3.16. The summed E-state index contributed by atoms with van der Waals surface area (Å²) in [5.74, 6) is -1.14. The van der Waals surface area contributed by atoms with E-state index in [1.807, 2.05) is 0 Å². The number of carbonyl (C=O) groups is 2. The smallest absolute Gasteiger partial charge is 0.330 e. The van der Waals surface area contributed by atoms with E-state index < -0.39 is 39.5 Å². The van der Waals surface area contributed by atoms with Crippen LogP contribution >= 0.6 is 0 Å². The van der Waals surface area contributed by atoms with Crippen LogP contribution in [0.3, 0.4) is 0 Å². The van der Waals surface area contributed by atoms with Gasteiger partial charge < -0.3 is 9.47 Å². The van der Waals surface area contributed by atoms with Crippen LogP contribution in [-0.2, 0) is 33.4 Å². The summed E-state index contributed by atoms with van der Waals surface area (Å²) >= 11 is 0. The van der Waals surface area contributed by atoms with Gasteiger partial charge in [0.25, 0.3) is 10.1 Å². The van der Waals surface area contributed by atoms with Crippen molar-refractivity contribution in [3.63, 3.8) is 0 Å². The minimum atomic E-state index is -3.50. The topological polar surface area (TPSA) is 96.0 Å². The monoisotopic (exact) mass is 316 g/mol. The zero-order chi connectivity index (χ0) is 15.2. The highest BCUT2D eigenvalue weighted by molar-refractivity contribution is 7.87. The van der Waals surface area contributed by atoms with E-state index in [1.54, 1.807) is 0 Å². The first-order valence-electron chi connectivity index (χ1n) is 6.83. The summed E-state index contributed by atoms with van der Waals surface area (Å²) in [7, 11) is -3.50. The third-order valence-corrected chi connectivity index (χ3v) is 6.17. The summed E-state index contributed by atoms with van der Waals surface area (Å²) in [5.41, 5.74) is 0. The second kappa shape index (κ2) is 5.10. The summed E-state index contributed by atoms with van der Waals surface area (Å²) in [6, 6.07) is 0. The van der Waals surface area contributed by atoms with E-state index in [2.05, 4.69) is 6.58 Å². The predicted octanol–water partition coefficient (Wildman–Crippen LogP) is 0.155. The summed E-state index contributed by atoms with van der Waals surface area (Å²) in [5, 5.41) is -0.434. The number of fused-ring (bicyclic) bond motifs is 1. The average Bonchev–Trinajstić information content (AvgIpc) is 3.02. The molecular weight excluding hydrogens is 300 g/mol. The third-order valence-electron chi connectivity index (χ3n) is 4.40. The molecule has 0 aromatic heterocycles. The van der Waals surface area contributed by atoms with Crippen LogP contribution in [-0.4, -0.2) is 44.4 Å². The van der Waals surface area contributed by atoms with Gasteiger partial charge in [0.15, 0.2) is 0 Å². The van der Waals surface area contributed by atoms with Gasteiger partial charge in [0.05, 0.1) is 11.7 Å². The predicted molar refractivity (Wildman–Crippen MR) is 69.4 cm³/mol. The summed E-state index contributed by atoms with van der Waals surface area (Å²) < 4.78 is 38.7. The van der Waals surface area contributed by atoms with Crippen LogP contribution < -0.4 is 0 Å². The van der Waals surface area contributed by atoms with Crippen molar-refractivity contribution in [2.75, 3.05) is 6.61 Å². The van der Waals surface area contributed by atoms with Gasteiger partial charge in [-0.15, -0.1) is 0 Å². The van der Waals surface area contributed by atoms with Crippen LogP contribution in [0.5, 0.6) is 0 Å². The van der Waals surface area contributed by atoms with Crippen molar-refractivity contribution in [3.8, 4) is 0 Å². The van der Waals surface area contributed by atoms with Crippen LogP contribution in [0.4, 0.5) is 0 Å². The fourth-order valence-electron chi connectivity index (χ4n) is 3.55. The molecule has 0 aromatic rings. The first-order valence-corrected chi connectivity index (χ1v) is 8.30. The molecule has 5 unspecified atom stereocenters. The fraction of sp³-hybridized carbons (Fsp3) is 0.692. The second-order valence-corrected chi connectivity index (χ2v) is 7.35. The van der Waals surface area contributed by atoms with Gasteiger partial charge in [0.1, 0.15) is 18.8 Å². The van der Waals surface area contributed by atoms with Crippen LogP contribution in [0.25, 0.3) is 0 Å². The van der Waals surface area contributed by atoms with E-state index in [-0.39, 0.29) is 24.9 Å². The number of carbonyl (C=O) groups excluding carboxylic acids is 2. The maximum Gasteiger partial charge on any atom is 0.330 e. The van der Waals surface area contributed by atoms with Crippen LogP contribution in [0.1, 0.15) is 19.3 Å². The number of hydrogen-bond donors (Lipinski definition) is 0. The van der Waals surface area contributed by atoms with Gasteiger partial charge in [-0.1, -0.05) is 6.58 Å². The number of rotatable bonds is 5. The molecule has 1 saturated heterocycles. The van der Waals surface area contributed by atoms with Crippen molar-refractivity contribution >= 4 is 22.1 Å². The van der Waals surface area contributed by atoms with E-state index >= 15 is 0 Å². The highest BCUT2D eigenvalue weighted by Crippen LogP contribution is 2.55. The van der Waals surface area contributed by atoms with Crippen molar-refractivity contribution in [1.82, 2.24) is 0 Å². The maximum absolute atomic E-state index is 11.8. The van der Waals surface area contributed by atoms with Gasteiger partial charge in [-0.3, -0.25) is 8.98 Å². The van der Waals surface area contributed by atoms with E-state index in [0.717, 1.165) is 12.5 Å². The average molecular weight is 316 g/mol. The molecule has 1 aliphatic heterocycles. The molecule has 7 nitrogen and oxygen atoms in total. The Morgan fingerprint density at radius 2 is 2.10 bits per heavy atom. The molecular formula is C13H16O7S. The highest BCUT2D eigenvalue weighted by Gasteiger charge is 2.65. The molecule has 2 aliphatic carbocycles. The van der Waals surface area contributed by atoms with Crippen LogP contribution in [0.15, 0.2) is 12.7 Å². The molecule has 8 heteroatoms. The largest absolute Gasteiger partial charge is 0.462 e. The SMILES string of the molecule is C=CC(=O)OCCC(=O)OC1C2CC3C1OS(=O)(=O)C3C2. The number of hydrogen-bond acceptors (Lipinski definition) is 7. The van der Waals surface area contributed by atoms with Crippen LogP contribution in [0, 0.1) is 11.8 Å². The lowest BCUT2D eigenvalue weighted by Crippen LogP contribution is -2.37. The van der Waals surface area contributed by atoms with Gasteiger partial charge in [-0.2, -0.15) is 8.42 Å². The molecule has 1 heterocycles. The molecule has 2 bridgehead atoms.